The van der Waals surface area contributed by atoms with Gasteiger partial charge >= 0.3 is 0 Å². The Morgan fingerprint density at radius 2 is 2.22 bits per heavy atom. The minimum Gasteiger partial charge on any atom is -0.342 e. The molecular formula is C10H9Cl2N5O. The molecule has 0 fully saturated rings. The van der Waals surface area contributed by atoms with Crippen LogP contribution in [0.4, 0.5) is 0 Å². The molecule has 0 aliphatic carbocycles. The van der Waals surface area contributed by atoms with Gasteiger partial charge in [-0.15, -0.1) is 0 Å². The van der Waals surface area contributed by atoms with Gasteiger partial charge in [0.25, 0.3) is 5.91 Å². The zero-order valence-electron chi connectivity index (χ0n) is 9.32. The van der Waals surface area contributed by atoms with Crippen LogP contribution < -0.4 is 5.32 Å². The van der Waals surface area contributed by atoms with Gasteiger partial charge in [0.05, 0.1) is 16.6 Å². The minimum absolute atomic E-state index is 0.205. The van der Waals surface area contributed by atoms with E-state index in [1.165, 1.54) is 18.6 Å². The number of amides is 1. The lowest BCUT2D eigenvalue weighted by Crippen LogP contribution is -2.27. The van der Waals surface area contributed by atoms with Gasteiger partial charge in [-0.1, -0.05) is 23.2 Å². The summed E-state index contributed by atoms with van der Waals surface area (Å²) in [5.74, 6) is 0.202. The standard InChI is InChI=1S/C10H9Cl2N5O/c1-5(9-14-4-15-17-9)16-10(18)6-2-8(12)13-3-7(6)11/h2-5H,1H3,(H,16,18)(H,14,15,17). The van der Waals surface area contributed by atoms with Crippen LogP contribution in [0.1, 0.15) is 29.1 Å². The molecule has 94 valence electrons. The maximum absolute atomic E-state index is 12.0. The molecule has 1 amide bonds. The number of nitrogens with zero attached hydrogens (tertiary/aromatic N) is 3. The number of pyridine rings is 1. The number of aromatic amines is 1. The van der Waals surface area contributed by atoms with E-state index in [0.29, 0.717) is 5.82 Å². The van der Waals surface area contributed by atoms with Crippen LogP contribution in [0.2, 0.25) is 10.2 Å². The largest absolute Gasteiger partial charge is 0.342 e. The van der Waals surface area contributed by atoms with E-state index in [4.69, 9.17) is 23.2 Å². The van der Waals surface area contributed by atoms with E-state index in [-0.39, 0.29) is 27.7 Å². The predicted molar refractivity (Wildman–Crippen MR) is 66.5 cm³/mol. The fourth-order valence-corrected chi connectivity index (χ4v) is 1.70. The monoisotopic (exact) mass is 285 g/mol. The van der Waals surface area contributed by atoms with Gasteiger partial charge in [-0.3, -0.25) is 9.89 Å². The van der Waals surface area contributed by atoms with Gasteiger partial charge < -0.3 is 5.32 Å². The van der Waals surface area contributed by atoms with Crippen LogP contribution in [0.25, 0.3) is 0 Å². The van der Waals surface area contributed by atoms with Crippen molar-refractivity contribution in [2.75, 3.05) is 0 Å². The van der Waals surface area contributed by atoms with E-state index in [9.17, 15) is 4.79 Å². The molecule has 0 saturated carbocycles. The molecule has 18 heavy (non-hydrogen) atoms. The van der Waals surface area contributed by atoms with Gasteiger partial charge in [-0.25, -0.2) is 9.97 Å². The number of carbonyl (C=O) groups excluding carboxylic acids is 1. The molecule has 8 heteroatoms. The smallest absolute Gasteiger partial charge is 0.253 e. The van der Waals surface area contributed by atoms with Crippen LogP contribution in [0.15, 0.2) is 18.6 Å². The second-order valence-corrected chi connectivity index (χ2v) is 4.35. The summed E-state index contributed by atoms with van der Waals surface area (Å²) in [7, 11) is 0. The van der Waals surface area contributed by atoms with Gasteiger partial charge in [0.2, 0.25) is 0 Å². The molecule has 0 aromatic carbocycles. The van der Waals surface area contributed by atoms with Crippen molar-refractivity contribution < 1.29 is 4.79 Å². The highest BCUT2D eigenvalue weighted by molar-refractivity contribution is 6.35. The first-order chi connectivity index (χ1) is 8.58. The van der Waals surface area contributed by atoms with E-state index in [0.717, 1.165) is 0 Å². The quantitative estimate of drug-likeness (QED) is 0.845. The number of hydrogen-bond donors (Lipinski definition) is 2. The molecule has 2 N–H and O–H groups in total. The molecule has 0 aliphatic rings. The number of rotatable bonds is 3. The molecular weight excluding hydrogens is 277 g/mol. The fraction of sp³-hybridized carbons (Fsp3) is 0.200. The molecule has 0 bridgehead atoms. The number of nitrogens with one attached hydrogen (secondary N) is 2. The predicted octanol–water partition coefficient (Wildman–Crippen LogP) is 2.00. The fourth-order valence-electron chi connectivity index (χ4n) is 1.35. The second-order valence-electron chi connectivity index (χ2n) is 3.55. The SMILES string of the molecule is CC(NC(=O)c1cc(Cl)ncc1Cl)c1ncn[nH]1. The van der Waals surface area contributed by atoms with Crippen molar-refractivity contribution in [2.24, 2.45) is 0 Å². The Bertz CT molecular complexity index is 557. The third-order valence-electron chi connectivity index (χ3n) is 2.26. The van der Waals surface area contributed by atoms with Gasteiger partial charge in [-0.2, -0.15) is 5.10 Å². The number of halogens is 2. The highest BCUT2D eigenvalue weighted by atomic mass is 35.5. The van der Waals surface area contributed by atoms with Crippen molar-refractivity contribution in [1.82, 2.24) is 25.5 Å². The maximum Gasteiger partial charge on any atom is 0.253 e. The first-order valence-electron chi connectivity index (χ1n) is 5.05. The third kappa shape index (κ3) is 2.77. The van der Waals surface area contributed by atoms with Gasteiger partial charge in [0.1, 0.15) is 17.3 Å². The zero-order valence-corrected chi connectivity index (χ0v) is 10.8. The maximum atomic E-state index is 12.0. The average molecular weight is 286 g/mol. The highest BCUT2D eigenvalue weighted by Gasteiger charge is 2.16. The van der Waals surface area contributed by atoms with Crippen molar-refractivity contribution >= 4 is 29.1 Å². The minimum atomic E-state index is -0.354. The Balaban J connectivity index is 2.15. The lowest BCUT2D eigenvalue weighted by Gasteiger charge is -2.11. The number of aromatic nitrogens is 4. The van der Waals surface area contributed by atoms with E-state index < -0.39 is 0 Å². The molecule has 0 radical (unpaired) electrons. The number of hydrogen-bond acceptors (Lipinski definition) is 4. The Labute approximate surface area is 113 Å². The summed E-state index contributed by atoms with van der Waals surface area (Å²) >= 11 is 11.6. The molecule has 0 saturated heterocycles. The molecule has 2 aromatic rings. The summed E-state index contributed by atoms with van der Waals surface area (Å²) in [5.41, 5.74) is 0.267. The van der Waals surface area contributed by atoms with E-state index in [2.05, 4.69) is 25.5 Å². The van der Waals surface area contributed by atoms with Gasteiger partial charge in [0.15, 0.2) is 0 Å². The molecule has 1 unspecified atom stereocenters. The van der Waals surface area contributed by atoms with Crippen LogP contribution in [0.5, 0.6) is 0 Å². The summed E-state index contributed by atoms with van der Waals surface area (Å²) < 4.78 is 0. The summed E-state index contributed by atoms with van der Waals surface area (Å²) in [6.45, 7) is 1.77. The third-order valence-corrected chi connectivity index (χ3v) is 2.77. The molecule has 2 aromatic heterocycles. The van der Waals surface area contributed by atoms with E-state index in [1.54, 1.807) is 6.92 Å². The van der Waals surface area contributed by atoms with E-state index >= 15 is 0 Å². The second kappa shape index (κ2) is 5.32. The molecule has 2 heterocycles. The Kier molecular flexibility index (Phi) is 3.78. The average Bonchev–Trinajstić information content (AvgIpc) is 2.85. The summed E-state index contributed by atoms with van der Waals surface area (Å²) in [6, 6.07) is 1.09. The first kappa shape index (κ1) is 12.8. The van der Waals surface area contributed by atoms with Crippen LogP contribution in [0, 0.1) is 0 Å². The Morgan fingerprint density at radius 3 is 2.89 bits per heavy atom. The molecule has 2 rings (SSSR count). The Hall–Kier alpha value is -1.66. The van der Waals surface area contributed by atoms with Crippen LogP contribution in [-0.4, -0.2) is 26.1 Å². The number of H-pyrrole nitrogens is 1. The molecule has 1 atom stereocenters. The van der Waals surface area contributed by atoms with Crippen molar-refractivity contribution in [3.8, 4) is 0 Å². The van der Waals surface area contributed by atoms with Crippen LogP contribution in [-0.2, 0) is 0 Å². The van der Waals surface area contributed by atoms with Crippen molar-refractivity contribution in [1.29, 1.82) is 0 Å². The zero-order chi connectivity index (χ0) is 13.1. The molecule has 6 nitrogen and oxygen atoms in total. The van der Waals surface area contributed by atoms with Crippen molar-refractivity contribution in [3.05, 3.63) is 40.2 Å². The number of carbonyl (C=O) groups is 1. The van der Waals surface area contributed by atoms with Gasteiger partial charge in [0, 0.05) is 6.20 Å². The normalized spacial score (nSPS) is 12.2. The summed E-state index contributed by atoms with van der Waals surface area (Å²) in [4.78, 5) is 19.7. The lowest BCUT2D eigenvalue weighted by molar-refractivity contribution is 0.0938. The first-order valence-corrected chi connectivity index (χ1v) is 5.80. The van der Waals surface area contributed by atoms with Crippen LogP contribution in [0.3, 0.4) is 0 Å². The van der Waals surface area contributed by atoms with Crippen molar-refractivity contribution in [3.63, 3.8) is 0 Å². The molecule has 0 spiro atoms. The van der Waals surface area contributed by atoms with Crippen molar-refractivity contribution in [2.45, 2.75) is 13.0 Å². The Morgan fingerprint density at radius 1 is 1.44 bits per heavy atom. The molecule has 0 aliphatic heterocycles. The topological polar surface area (TPSA) is 83.6 Å². The summed E-state index contributed by atoms with van der Waals surface area (Å²) in [6.07, 6.45) is 2.70. The highest BCUT2D eigenvalue weighted by Crippen LogP contribution is 2.19. The van der Waals surface area contributed by atoms with Gasteiger partial charge in [-0.05, 0) is 13.0 Å². The summed E-state index contributed by atoms with van der Waals surface area (Å²) in [5, 5.41) is 9.55. The van der Waals surface area contributed by atoms with Crippen LogP contribution >= 0.6 is 23.2 Å². The van der Waals surface area contributed by atoms with E-state index in [1.807, 2.05) is 0 Å². The lowest BCUT2D eigenvalue weighted by atomic mass is 10.2.